The van der Waals surface area contributed by atoms with Gasteiger partial charge in [-0.1, -0.05) is 25.1 Å². The second-order valence-electron chi connectivity index (χ2n) is 5.76. The largest absolute Gasteiger partial charge is 0.496 e. The number of hydrogen-bond acceptors (Lipinski definition) is 4. The van der Waals surface area contributed by atoms with Gasteiger partial charge in [0.2, 0.25) is 0 Å². The molecule has 0 amide bonds. The molecule has 1 aromatic heterocycles. The quantitative estimate of drug-likeness (QED) is 0.289. The number of nitrogens with one attached hydrogen (secondary N) is 2. The van der Waals surface area contributed by atoms with E-state index in [1.807, 2.05) is 18.2 Å². The number of aryl methyl sites for hydroxylation is 2. The molecule has 0 aliphatic rings. The highest BCUT2D eigenvalue weighted by Crippen LogP contribution is 2.25. The molecule has 0 aliphatic heterocycles. The SMILES string of the molecule is CCNC(=NCc1ccc(OC)c(Br)c1)NCc1c(CC)noc1CC.I. The van der Waals surface area contributed by atoms with Crippen LogP contribution in [0.1, 0.15) is 43.4 Å². The lowest BCUT2D eigenvalue weighted by atomic mass is 10.1. The average molecular weight is 551 g/mol. The van der Waals surface area contributed by atoms with E-state index < -0.39 is 0 Å². The molecule has 0 fully saturated rings. The van der Waals surface area contributed by atoms with Crippen LogP contribution in [0.5, 0.6) is 5.75 Å². The Labute approximate surface area is 186 Å². The molecule has 2 aromatic rings. The Hall–Kier alpha value is -1.29. The van der Waals surface area contributed by atoms with Crippen molar-refractivity contribution in [3.05, 3.63) is 45.3 Å². The monoisotopic (exact) mass is 550 g/mol. The minimum absolute atomic E-state index is 0. The van der Waals surface area contributed by atoms with E-state index in [-0.39, 0.29) is 24.0 Å². The molecule has 0 bridgehead atoms. The smallest absolute Gasteiger partial charge is 0.191 e. The van der Waals surface area contributed by atoms with Crippen LogP contribution in [0.15, 0.2) is 32.2 Å². The molecule has 0 saturated carbocycles. The maximum absolute atomic E-state index is 5.43. The minimum Gasteiger partial charge on any atom is -0.496 e. The molecule has 0 atom stereocenters. The van der Waals surface area contributed by atoms with E-state index >= 15 is 0 Å². The summed E-state index contributed by atoms with van der Waals surface area (Å²) in [4.78, 5) is 4.67. The summed E-state index contributed by atoms with van der Waals surface area (Å²) in [5, 5.41) is 10.8. The lowest BCUT2D eigenvalue weighted by Gasteiger charge is -2.12. The van der Waals surface area contributed by atoms with Crippen LogP contribution in [0.25, 0.3) is 0 Å². The highest BCUT2D eigenvalue weighted by Gasteiger charge is 2.13. The first-order chi connectivity index (χ1) is 12.6. The van der Waals surface area contributed by atoms with Crippen molar-refractivity contribution in [1.82, 2.24) is 15.8 Å². The molecule has 1 heterocycles. The van der Waals surface area contributed by atoms with E-state index in [0.29, 0.717) is 13.1 Å². The van der Waals surface area contributed by atoms with Crippen molar-refractivity contribution in [2.75, 3.05) is 13.7 Å². The van der Waals surface area contributed by atoms with Crippen molar-refractivity contribution in [3.8, 4) is 5.75 Å². The van der Waals surface area contributed by atoms with Crippen LogP contribution >= 0.6 is 39.9 Å². The summed E-state index contributed by atoms with van der Waals surface area (Å²) in [7, 11) is 1.66. The molecular formula is C19H28BrIN4O2. The fraction of sp³-hybridized carbons (Fsp3) is 0.474. The Kier molecular flexibility index (Phi) is 10.8. The Bertz CT molecular complexity index is 728. The fourth-order valence-electron chi connectivity index (χ4n) is 2.63. The molecule has 0 aliphatic carbocycles. The number of nitrogens with zero attached hydrogens (tertiary/aromatic N) is 2. The van der Waals surface area contributed by atoms with Crippen molar-refractivity contribution in [2.24, 2.45) is 4.99 Å². The van der Waals surface area contributed by atoms with E-state index in [4.69, 9.17) is 9.26 Å². The van der Waals surface area contributed by atoms with Gasteiger partial charge < -0.3 is 19.9 Å². The van der Waals surface area contributed by atoms with Crippen LogP contribution in [0, 0.1) is 0 Å². The predicted octanol–water partition coefficient (Wildman–Crippen LogP) is 4.44. The highest BCUT2D eigenvalue weighted by atomic mass is 127. The number of aliphatic imine (C=N–C) groups is 1. The van der Waals surface area contributed by atoms with Gasteiger partial charge in [0.25, 0.3) is 0 Å². The van der Waals surface area contributed by atoms with E-state index in [2.05, 4.69) is 57.5 Å². The van der Waals surface area contributed by atoms with Crippen molar-refractivity contribution in [2.45, 2.75) is 46.7 Å². The van der Waals surface area contributed by atoms with Gasteiger partial charge in [0.05, 0.1) is 23.8 Å². The maximum Gasteiger partial charge on any atom is 0.191 e. The van der Waals surface area contributed by atoms with Gasteiger partial charge in [-0.25, -0.2) is 4.99 Å². The lowest BCUT2D eigenvalue weighted by molar-refractivity contribution is 0.380. The van der Waals surface area contributed by atoms with Crippen LogP contribution < -0.4 is 15.4 Å². The Balaban J connectivity index is 0.00000364. The fourth-order valence-corrected chi connectivity index (χ4v) is 3.22. The summed E-state index contributed by atoms with van der Waals surface area (Å²) in [6.45, 7) is 8.22. The molecule has 0 radical (unpaired) electrons. The molecule has 8 heteroatoms. The third-order valence-corrected chi connectivity index (χ3v) is 4.64. The van der Waals surface area contributed by atoms with Gasteiger partial charge in [-0.3, -0.25) is 0 Å². The summed E-state index contributed by atoms with van der Waals surface area (Å²) in [6, 6.07) is 5.98. The zero-order chi connectivity index (χ0) is 18.9. The van der Waals surface area contributed by atoms with Crippen molar-refractivity contribution >= 4 is 45.9 Å². The van der Waals surface area contributed by atoms with E-state index in [1.165, 1.54) is 0 Å². The zero-order valence-corrected chi connectivity index (χ0v) is 20.2. The van der Waals surface area contributed by atoms with Crippen LogP contribution in [-0.4, -0.2) is 24.8 Å². The Morgan fingerprint density at radius 1 is 1.22 bits per heavy atom. The maximum atomic E-state index is 5.43. The van der Waals surface area contributed by atoms with Gasteiger partial charge in [0.1, 0.15) is 11.5 Å². The lowest BCUT2D eigenvalue weighted by Crippen LogP contribution is -2.37. The van der Waals surface area contributed by atoms with Gasteiger partial charge in [-0.15, -0.1) is 24.0 Å². The summed E-state index contributed by atoms with van der Waals surface area (Å²) >= 11 is 3.51. The van der Waals surface area contributed by atoms with E-state index in [0.717, 1.165) is 58.1 Å². The number of aromatic nitrogens is 1. The van der Waals surface area contributed by atoms with Crippen molar-refractivity contribution in [1.29, 1.82) is 0 Å². The molecule has 6 nitrogen and oxygen atoms in total. The Morgan fingerprint density at radius 2 is 2.00 bits per heavy atom. The molecular weight excluding hydrogens is 523 g/mol. The Morgan fingerprint density at radius 3 is 2.59 bits per heavy atom. The summed E-state index contributed by atoms with van der Waals surface area (Å²) in [6.07, 6.45) is 1.69. The van der Waals surface area contributed by atoms with Crippen molar-refractivity contribution in [3.63, 3.8) is 0 Å². The normalized spacial score (nSPS) is 11.1. The first-order valence-corrected chi connectivity index (χ1v) is 9.73. The van der Waals surface area contributed by atoms with E-state index in [1.54, 1.807) is 7.11 Å². The molecule has 27 heavy (non-hydrogen) atoms. The highest BCUT2D eigenvalue weighted by molar-refractivity contribution is 14.0. The predicted molar refractivity (Wildman–Crippen MR) is 123 cm³/mol. The number of halogens is 2. The van der Waals surface area contributed by atoms with Crippen LogP contribution in [0.4, 0.5) is 0 Å². The zero-order valence-electron chi connectivity index (χ0n) is 16.3. The first kappa shape index (κ1) is 23.7. The third kappa shape index (κ3) is 6.67. The van der Waals surface area contributed by atoms with Crippen LogP contribution in [0.3, 0.4) is 0 Å². The van der Waals surface area contributed by atoms with Gasteiger partial charge in [0.15, 0.2) is 5.96 Å². The number of guanidine groups is 1. The van der Waals surface area contributed by atoms with Gasteiger partial charge >= 0.3 is 0 Å². The number of ether oxygens (including phenoxy) is 1. The molecule has 0 spiro atoms. The minimum atomic E-state index is 0. The first-order valence-electron chi connectivity index (χ1n) is 8.93. The van der Waals surface area contributed by atoms with Gasteiger partial charge in [-0.2, -0.15) is 0 Å². The third-order valence-electron chi connectivity index (χ3n) is 4.02. The topological polar surface area (TPSA) is 71.7 Å². The second-order valence-corrected chi connectivity index (χ2v) is 6.61. The molecule has 0 saturated heterocycles. The van der Waals surface area contributed by atoms with Gasteiger partial charge in [-0.05, 0) is 47.0 Å². The number of hydrogen-bond donors (Lipinski definition) is 2. The molecule has 0 unspecified atom stereocenters. The number of rotatable bonds is 8. The standard InChI is InChI=1S/C19H27BrN4O2.HI/c1-5-16-14(17(6-2)26-24-16)12-23-19(21-7-3)22-11-13-8-9-18(25-4)15(20)10-13;/h8-10H,5-7,11-12H2,1-4H3,(H2,21,22,23);1H. The molecule has 1 aromatic carbocycles. The van der Waals surface area contributed by atoms with E-state index in [9.17, 15) is 0 Å². The number of benzene rings is 1. The molecule has 2 rings (SSSR count). The van der Waals surface area contributed by atoms with Crippen LogP contribution in [-0.2, 0) is 25.9 Å². The summed E-state index contributed by atoms with van der Waals surface area (Å²) in [5.41, 5.74) is 3.24. The summed E-state index contributed by atoms with van der Waals surface area (Å²) in [5.74, 6) is 2.52. The summed E-state index contributed by atoms with van der Waals surface area (Å²) < 4.78 is 11.6. The van der Waals surface area contributed by atoms with Crippen LogP contribution in [0.2, 0.25) is 0 Å². The molecule has 2 N–H and O–H groups in total. The molecule has 150 valence electrons. The average Bonchev–Trinajstić information content (AvgIpc) is 3.06. The number of methoxy groups -OCH3 is 1. The second kappa shape index (κ2) is 12.2. The van der Waals surface area contributed by atoms with Crippen molar-refractivity contribution < 1.29 is 9.26 Å². The van der Waals surface area contributed by atoms with Gasteiger partial charge in [0, 0.05) is 25.1 Å².